The molecule has 31 heavy (non-hydrogen) atoms. The van der Waals surface area contributed by atoms with Gasteiger partial charge in [-0.05, 0) is 56.3 Å². The van der Waals surface area contributed by atoms with Crippen LogP contribution in [0, 0.1) is 0 Å². The maximum atomic E-state index is 13.5. The van der Waals surface area contributed by atoms with Crippen LogP contribution in [0.1, 0.15) is 49.4 Å². The summed E-state index contributed by atoms with van der Waals surface area (Å²) in [5.41, 5.74) is -0.410. The van der Waals surface area contributed by atoms with Crippen molar-refractivity contribution in [1.29, 1.82) is 0 Å². The van der Waals surface area contributed by atoms with Gasteiger partial charge in [0.15, 0.2) is 0 Å². The highest BCUT2D eigenvalue weighted by Crippen LogP contribution is 2.48. The van der Waals surface area contributed by atoms with Crippen LogP contribution >= 0.6 is 18.9 Å². The molecule has 0 saturated carbocycles. The van der Waals surface area contributed by atoms with Crippen molar-refractivity contribution < 1.29 is 28.2 Å². The quantitative estimate of drug-likeness (QED) is 0.257. The Morgan fingerprint density at radius 2 is 1.97 bits per heavy atom. The van der Waals surface area contributed by atoms with E-state index in [9.17, 15) is 14.2 Å². The normalized spacial score (nSPS) is 13.5. The zero-order chi connectivity index (χ0) is 23.1. The van der Waals surface area contributed by atoms with E-state index >= 15 is 0 Å². The molecule has 2 rings (SSSR count). The van der Waals surface area contributed by atoms with Gasteiger partial charge in [-0.25, -0.2) is 9.88 Å². The van der Waals surface area contributed by atoms with Crippen molar-refractivity contribution in [3.63, 3.8) is 0 Å². The number of fused-ring (bicyclic) bond motifs is 1. The van der Waals surface area contributed by atoms with Crippen LogP contribution < -0.4 is 5.09 Å². The van der Waals surface area contributed by atoms with E-state index in [0.29, 0.717) is 17.9 Å². The lowest BCUT2D eigenvalue weighted by Crippen LogP contribution is -2.46. The number of carbonyl (C=O) groups is 2. The van der Waals surface area contributed by atoms with Crippen LogP contribution in [-0.4, -0.2) is 37.3 Å². The highest BCUT2D eigenvalue weighted by Gasteiger charge is 2.38. The molecule has 0 aliphatic carbocycles. The fourth-order valence-electron chi connectivity index (χ4n) is 2.91. The summed E-state index contributed by atoms with van der Waals surface area (Å²) in [7, 11) is -3.40. The number of benzene rings is 1. The van der Waals surface area contributed by atoms with Gasteiger partial charge in [-0.15, -0.1) is 11.3 Å². The molecule has 1 unspecified atom stereocenters. The summed E-state index contributed by atoms with van der Waals surface area (Å²) < 4.78 is 30.3. The molecule has 9 heteroatoms. The van der Waals surface area contributed by atoms with Crippen LogP contribution in [0.5, 0.6) is 0 Å². The SMILES string of the molecule is C=CCOC(=O)c1cc2cc(CP(=O)(NC(C)(C)C(=O)OCCC)OCC)ccc2s1. The van der Waals surface area contributed by atoms with Crippen LogP contribution in [0.2, 0.25) is 0 Å². The molecular weight excluding hydrogens is 437 g/mol. The largest absolute Gasteiger partial charge is 0.464 e. The summed E-state index contributed by atoms with van der Waals surface area (Å²) in [6.45, 7) is 11.1. The number of nitrogens with one attached hydrogen (secondary N) is 1. The fourth-order valence-corrected chi connectivity index (χ4v) is 6.12. The third-order valence-corrected chi connectivity index (χ3v) is 7.69. The van der Waals surface area contributed by atoms with Crippen molar-refractivity contribution in [2.75, 3.05) is 19.8 Å². The Morgan fingerprint density at radius 3 is 2.61 bits per heavy atom. The number of rotatable bonds is 12. The van der Waals surface area contributed by atoms with Crippen LogP contribution in [0.15, 0.2) is 36.9 Å². The van der Waals surface area contributed by atoms with E-state index in [2.05, 4.69) is 11.7 Å². The topological polar surface area (TPSA) is 90.9 Å². The first-order chi connectivity index (χ1) is 14.6. The lowest BCUT2D eigenvalue weighted by Gasteiger charge is -2.29. The van der Waals surface area contributed by atoms with Crippen molar-refractivity contribution in [1.82, 2.24) is 5.09 Å². The molecule has 7 nitrogen and oxygen atoms in total. The Balaban J connectivity index is 2.23. The third-order valence-electron chi connectivity index (χ3n) is 4.24. The lowest BCUT2D eigenvalue weighted by molar-refractivity contribution is -0.149. The summed E-state index contributed by atoms with van der Waals surface area (Å²) in [5, 5.41) is 3.75. The molecule has 0 aliphatic rings. The second kappa shape index (κ2) is 11.0. The summed E-state index contributed by atoms with van der Waals surface area (Å²) >= 11 is 1.33. The van der Waals surface area contributed by atoms with Crippen LogP contribution in [0.25, 0.3) is 10.1 Å². The predicted octanol–water partition coefficient (Wildman–Crippen LogP) is 5.30. The van der Waals surface area contributed by atoms with Gasteiger partial charge in [-0.3, -0.25) is 9.36 Å². The maximum absolute atomic E-state index is 13.5. The van der Waals surface area contributed by atoms with Crippen molar-refractivity contribution in [2.45, 2.75) is 45.8 Å². The molecule has 2 aromatic rings. The molecule has 0 aliphatic heterocycles. The first-order valence-electron chi connectivity index (χ1n) is 10.1. The molecular formula is C22H30NO6PS. The van der Waals surface area contributed by atoms with Gasteiger partial charge in [-0.1, -0.05) is 25.6 Å². The Morgan fingerprint density at radius 1 is 1.23 bits per heavy atom. The van der Waals surface area contributed by atoms with Gasteiger partial charge in [-0.2, -0.15) is 0 Å². The first kappa shape index (κ1) is 25.3. The van der Waals surface area contributed by atoms with Gasteiger partial charge < -0.3 is 14.0 Å². The molecule has 0 bridgehead atoms. The number of thiophene rings is 1. The van der Waals surface area contributed by atoms with Gasteiger partial charge in [0.05, 0.1) is 19.4 Å². The average Bonchev–Trinajstić information content (AvgIpc) is 3.13. The van der Waals surface area contributed by atoms with Crippen molar-refractivity contribution in [3.05, 3.63) is 47.4 Å². The highest BCUT2D eigenvalue weighted by molar-refractivity contribution is 7.56. The van der Waals surface area contributed by atoms with E-state index < -0.39 is 25.0 Å². The number of hydrogen-bond donors (Lipinski definition) is 1. The molecule has 1 aromatic heterocycles. The fraction of sp³-hybridized carbons (Fsp3) is 0.455. The zero-order valence-electron chi connectivity index (χ0n) is 18.4. The minimum atomic E-state index is -3.40. The van der Waals surface area contributed by atoms with E-state index in [-0.39, 0.29) is 19.4 Å². The molecule has 0 amide bonds. The number of ether oxygens (including phenoxy) is 2. The minimum absolute atomic E-state index is 0.0906. The molecule has 0 spiro atoms. The lowest BCUT2D eigenvalue weighted by atomic mass is 10.1. The average molecular weight is 468 g/mol. The summed E-state index contributed by atoms with van der Waals surface area (Å²) in [6.07, 6.45) is 2.31. The minimum Gasteiger partial charge on any atom is -0.464 e. The zero-order valence-corrected chi connectivity index (χ0v) is 20.1. The Bertz CT molecular complexity index is 984. The van der Waals surface area contributed by atoms with E-state index in [4.69, 9.17) is 14.0 Å². The third kappa shape index (κ3) is 7.01. The summed E-state index contributed by atoms with van der Waals surface area (Å²) in [4.78, 5) is 24.9. The van der Waals surface area contributed by atoms with Gasteiger partial charge in [0, 0.05) is 4.70 Å². The monoisotopic (exact) mass is 467 g/mol. The summed E-state index contributed by atoms with van der Waals surface area (Å²) in [5.74, 6) is -0.887. The Labute approximate surface area is 187 Å². The van der Waals surface area contributed by atoms with E-state index in [1.165, 1.54) is 17.4 Å². The molecule has 0 saturated heterocycles. The smallest absolute Gasteiger partial charge is 0.348 e. The highest BCUT2D eigenvalue weighted by atomic mass is 32.1. The Hall–Kier alpha value is -1.99. The molecule has 0 radical (unpaired) electrons. The molecule has 0 fully saturated rings. The summed E-state index contributed by atoms with van der Waals surface area (Å²) in [6, 6.07) is 7.33. The standard InChI is InChI=1S/C22H30NO6PS/c1-6-11-27-20(24)19-14-17-13-16(9-10-18(17)31-19)15-30(26,29-8-3)23-22(4,5)21(25)28-12-7-2/h6,9-10,13-14H,1,7-8,11-12,15H2,2-5H3,(H,23,26). The molecule has 1 aromatic carbocycles. The second-order valence-electron chi connectivity index (χ2n) is 7.49. The van der Waals surface area contributed by atoms with E-state index in [0.717, 1.165) is 15.6 Å². The molecule has 1 heterocycles. The van der Waals surface area contributed by atoms with Gasteiger partial charge in [0.25, 0.3) is 7.52 Å². The van der Waals surface area contributed by atoms with Crippen molar-refractivity contribution >= 4 is 40.9 Å². The van der Waals surface area contributed by atoms with Gasteiger partial charge in [0.1, 0.15) is 17.0 Å². The van der Waals surface area contributed by atoms with Crippen LogP contribution in [0.3, 0.4) is 0 Å². The van der Waals surface area contributed by atoms with Gasteiger partial charge in [0.2, 0.25) is 0 Å². The van der Waals surface area contributed by atoms with Crippen molar-refractivity contribution in [3.8, 4) is 0 Å². The van der Waals surface area contributed by atoms with Gasteiger partial charge >= 0.3 is 11.9 Å². The van der Waals surface area contributed by atoms with E-state index in [1.807, 2.05) is 25.1 Å². The first-order valence-corrected chi connectivity index (χ1v) is 12.8. The Kier molecular flexibility index (Phi) is 9.01. The molecule has 1 atom stereocenters. The van der Waals surface area contributed by atoms with Crippen LogP contribution in [0.4, 0.5) is 0 Å². The maximum Gasteiger partial charge on any atom is 0.348 e. The predicted molar refractivity (Wildman–Crippen MR) is 124 cm³/mol. The number of carbonyl (C=O) groups excluding carboxylic acids is 2. The van der Waals surface area contributed by atoms with E-state index in [1.54, 1.807) is 26.8 Å². The molecule has 170 valence electrons. The molecule has 1 N–H and O–H groups in total. The second-order valence-corrected chi connectivity index (χ2v) is 10.7. The van der Waals surface area contributed by atoms with Crippen LogP contribution in [-0.2, 0) is 29.5 Å². The number of esters is 2. The van der Waals surface area contributed by atoms with Crippen molar-refractivity contribution in [2.24, 2.45) is 0 Å². The number of hydrogen-bond acceptors (Lipinski definition) is 7.